The van der Waals surface area contributed by atoms with Crippen molar-refractivity contribution in [1.29, 1.82) is 0 Å². The summed E-state index contributed by atoms with van der Waals surface area (Å²) in [6.45, 7) is 0. The van der Waals surface area contributed by atoms with E-state index in [0.29, 0.717) is 11.6 Å². The minimum Gasteiger partial charge on any atom is -0.290 e. The number of halogens is 2. The largest absolute Gasteiger partial charge is 0.292 e. The number of carbonyl (C=O) groups excluding carboxylic acids is 1. The number of carbonyl (C=O) groups is 1. The first-order valence-corrected chi connectivity index (χ1v) is 4.48. The van der Waals surface area contributed by atoms with Crippen molar-refractivity contribution < 1.29 is 13.6 Å². The van der Waals surface area contributed by atoms with E-state index < -0.39 is 11.7 Å². The van der Waals surface area contributed by atoms with Gasteiger partial charge in [-0.2, -0.15) is 8.78 Å². The van der Waals surface area contributed by atoms with Crippen LogP contribution in [-0.2, 0) is 4.79 Å². The molecule has 0 amide bonds. The van der Waals surface area contributed by atoms with Gasteiger partial charge in [-0.1, -0.05) is 30.3 Å². The van der Waals surface area contributed by atoms with Gasteiger partial charge < -0.3 is 0 Å². The smallest absolute Gasteiger partial charge is 0.290 e. The fraction of sp³-hybridized carbons (Fsp3) is 0.0833. The molecular weight excluding hydrogens is 198 g/mol. The molecule has 15 heavy (non-hydrogen) atoms. The summed E-state index contributed by atoms with van der Waals surface area (Å²) in [6, 6.07) is 8.19. The van der Waals surface area contributed by atoms with Gasteiger partial charge in [0.05, 0.1) is 0 Å². The molecule has 0 radical (unpaired) electrons. The van der Waals surface area contributed by atoms with Crippen LogP contribution in [-0.4, -0.2) is 11.7 Å². The number of rotatable bonds is 1. The molecule has 1 nitrogen and oxygen atoms in total. The molecule has 0 spiro atoms. The van der Waals surface area contributed by atoms with Gasteiger partial charge in [-0.3, -0.25) is 4.79 Å². The highest BCUT2D eigenvalue weighted by Gasteiger charge is 2.34. The van der Waals surface area contributed by atoms with Crippen LogP contribution in [0.2, 0.25) is 0 Å². The summed E-state index contributed by atoms with van der Waals surface area (Å²) >= 11 is 0. The highest BCUT2D eigenvalue weighted by Crippen LogP contribution is 2.35. The normalized spacial score (nSPS) is 18.8. The van der Waals surface area contributed by atoms with E-state index in [1.807, 2.05) is 0 Å². The molecule has 0 saturated carbocycles. The van der Waals surface area contributed by atoms with Crippen LogP contribution in [0.4, 0.5) is 8.78 Å². The van der Waals surface area contributed by atoms with Gasteiger partial charge >= 0.3 is 0 Å². The molecule has 2 rings (SSSR count). The minimum atomic E-state index is -3.06. The van der Waals surface area contributed by atoms with E-state index in [0.717, 1.165) is 12.2 Å². The average molecular weight is 206 g/mol. The molecule has 0 unspecified atom stereocenters. The molecule has 1 aliphatic rings. The van der Waals surface area contributed by atoms with E-state index >= 15 is 0 Å². The molecule has 0 heterocycles. The molecule has 1 aliphatic carbocycles. The summed E-state index contributed by atoms with van der Waals surface area (Å²) in [4.78, 5) is 11.0. The Labute approximate surface area is 85.7 Å². The Morgan fingerprint density at radius 3 is 2.40 bits per heavy atom. The highest BCUT2D eigenvalue weighted by atomic mass is 19.3. The standard InChI is InChI=1S/C12H8F2O/c13-12(14)7-6-10(15)8-11(12)9-4-2-1-3-5-9/h1-8H. The third kappa shape index (κ3) is 1.86. The molecule has 0 aromatic heterocycles. The van der Waals surface area contributed by atoms with Crippen LogP contribution in [0, 0.1) is 0 Å². The topological polar surface area (TPSA) is 17.1 Å². The first-order valence-electron chi connectivity index (χ1n) is 4.48. The minimum absolute atomic E-state index is 0.240. The Kier molecular flexibility index (Phi) is 2.23. The van der Waals surface area contributed by atoms with Crippen molar-refractivity contribution in [3.8, 4) is 0 Å². The first-order chi connectivity index (χ1) is 7.09. The Hall–Kier alpha value is -1.77. The van der Waals surface area contributed by atoms with Gasteiger partial charge in [-0.05, 0) is 23.8 Å². The average Bonchev–Trinajstić information content (AvgIpc) is 2.23. The number of ketones is 1. The summed E-state index contributed by atoms with van der Waals surface area (Å²) < 4.78 is 26.8. The summed E-state index contributed by atoms with van der Waals surface area (Å²) in [5.74, 6) is -3.46. The van der Waals surface area contributed by atoms with Crippen molar-refractivity contribution in [2.45, 2.75) is 5.92 Å². The Morgan fingerprint density at radius 1 is 1.07 bits per heavy atom. The molecule has 0 bridgehead atoms. The van der Waals surface area contributed by atoms with Crippen LogP contribution >= 0.6 is 0 Å². The maximum absolute atomic E-state index is 13.4. The molecule has 1 aromatic rings. The molecule has 0 aliphatic heterocycles. The van der Waals surface area contributed by atoms with Crippen LogP contribution in [0.5, 0.6) is 0 Å². The molecule has 0 atom stereocenters. The number of hydrogen-bond acceptors (Lipinski definition) is 1. The molecule has 0 saturated heterocycles. The predicted molar refractivity (Wildman–Crippen MR) is 53.5 cm³/mol. The molecule has 76 valence electrons. The molecular formula is C12H8F2O. The third-order valence-electron chi connectivity index (χ3n) is 2.19. The number of hydrogen-bond donors (Lipinski definition) is 0. The number of benzene rings is 1. The zero-order chi connectivity index (χ0) is 10.9. The fourth-order valence-corrected chi connectivity index (χ4v) is 1.46. The van der Waals surface area contributed by atoms with Gasteiger partial charge in [0, 0.05) is 5.57 Å². The molecule has 0 fully saturated rings. The molecule has 0 N–H and O–H groups in total. The second-order valence-corrected chi connectivity index (χ2v) is 3.28. The number of alkyl halides is 2. The Balaban J connectivity index is 2.48. The van der Waals surface area contributed by atoms with Gasteiger partial charge in [0.2, 0.25) is 0 Å². The van der Waals surface area contributed by atoms with Crippen LogP contribution in [0.1, 0.15) is 5.56 Å². The van der Waals surface area contributed by atoms with E-state index in [-0.39, 0.29) is 5.57 Å². The van der Waals surface area contributed by atoms with Crippen molar-refractivity contribution in [1.82, 2.24) is 0 Å². The van der Waals surface area contributed by atoms with Crippen molar-refractivity contribution in [2.24, 2.45) is 0 Å². The van der Waals surface area contributed by atoms with E-state index in [1.54, 1.807) is 30.3 Å². The van der Waals surface area contributed by atoms with Gasteiger partial charge in [0.15, 0.2) is 5.78 Å². The lowest BCUT2D eigenvalue weighted by molar-refractivity contribution is -0.110. The quantitative estimate of drug-likeness (QED) is 0.690. The maximum atomic E-state index is 13.4. The first kappa shape index (κ1) is 9.77. The maximum Gasteiger partial charge on any atom is 0.292 e. The summed E-state index contributed by atoms with van der Waals surface area (Å²) in [6.07, 6.45) is 2.51. The van der Waals surface area contributed by atoms with Crippen molar-refractivity contribution in [3.05, 3.63) is 54.1 Å². The highest BCUT2D eigenvalue weighted by molar-refractivity contribution is 6.07. The Bertz CT molecular complexity index is 444. The van der Waals surface area contributed by atoms with Crippen LogP contribution in [0.15, 0.2) is 48.6 Å². The zero-order valence-corrected chi connectivity index (χ0v) is 7.78. The van der Waals surface area contributed by atoms with Crippen LogP contribution in [0.25, 0.3) is 5.57 Å². The van der Waals surface area contributed by atoms with Crippen molar-refractivity contribution >= 4 is 11.4 Å². The second kappa shape index (κ2) is 3.42. The summed E-state index contributed by atoms with van der Waals surface area (Å²) in [5.41, 5.74) is 0.135. The van der Waals surface area contributed by atoms with E-state index in [1.165, 1.54) is 0 Å². The van der Waals surface area contributed by atoms with Crippen LogP contribution in [0.3, 0.4) is 0 Å². The van der Waals surface area contributed by atoms with Gasteiger partial charge in [0.1, 0.15) is 0 Å². The van der Waals surface area contributed by atoms with Crippen LogP contribution < -0.4 is 0 Å². The monoisotopic (exact) mass is 206 g/mol. The third-order valence-corrected chi connectivity index (χ3v) is 2.19. The zero-order valence-electron chi connectivity index (χ0n) is 7.78. The lowest BCUT2D eigenvalue weighted by Gasteiger charge is -2.18. The fourth-order valence-electron chi connectivity index (χ4n) is 1.46. The second-order valence-electron chi connectivity index (χ2n) is 3.28. The van der Waals surface area contributed by atoms with Gasteiger partial charge in [0.25, 0.3) is 5.92 Å². The van der Waals surface area contributed by atoms with Crippen molar-refractivity contribution in [2.75, 3.05) is 0 Å². The Morgan fingerprint density at radius 2 is 1.73 bits per heavy atom. The summed E-state index contributed by atoms with van der Waals surface area (Å²) in [7, 11) is 0. The lowest BCUT2D eigenvalue weighted by Crippen LogP contribution is -2.19. The van der Waals surface area contributed by atoms with E-state index in [9.17, 15) is 13.6 Å². The van der Waals surface area contributed by atoms with Gasteiger partial charge in [-0.25, -0.2) is 0 Å². The summed E-state index contributed by atoms with van der Waals surface area (Å²) in [5, 5.41) is 0. The lowest BCUT2D eigenvalue weighted by atomic mass is 9.94. The SMILES string of the molecule is O=C1C=CC(F)(F)C(c2ccccc2)=C1. The van der Waals surface area contributed by atoms with E-state index in [4.69, 9.17) is 0 Å². The molecule has 1 aromatic carbocycles. The van der Waals surface area contributed by atoms with Gasteiger partial charge in [-0.15, -0.1) is 0 Å². The van der Waals surface area contributed by atoms with E-state index in [2.05, 4.69) is 0 Å². The predicted octanol–water partition coefficient (Wildman–Crippen LogP) is 2.84. The number of allylic oxidation sites excluding steroid dienone is 4. The van der Waals surface area contributed by atoms with Crippen molar-refractivity contribution in [3.63, 3.8) is 0 Å². The molecule has 3 heteroatoms.